The van der Waals surface area contributed by atoms with Gasteiger partial charge in [-0.3, -0.25) is 0 Å². The standard InChI is InChI=1S/C8H11FN2O2S2/c1-3-13-6(12)5(9)14-7-4(2)11-8(10)15-7/h5H,3H2,1-2H3,(H2,10,11). The molecule has 1 unspecified atom stereocenters. The lowest BCUT2D eigenvalue weighted by Gasteiger charge is -2.05. The van der Waals surface area contributed by atoms with Crippen LogP contribution in [-0.2, 0) is 9.53 Å². The molecule has 1 aromatic heterocycles. The van der Waals surface area contributed by atoms with Crippen molar-refractivity contribution in [3.05, 3.63) is 5.69 Å². The molecule has 0 fully saturated rings. The Bertz CT molecular complexity index is 356. The lowest BCUT2D eigenvalue weighted by atomic mass is 10.6. The van der Waals surface area contributed by atoms with E-state index in [4.69, 9.17) is 5.73 Å². The van der Waals surface area contributed by atoms with Crippen LogP contribution in [0.3, 0.4) is 0 Å². The zero-order chi connectivity index (χ0) is 11.4. The Balaban J connectivity index is 2.61. The van der Waals surface area contributed by atoms with Gasteiger partial charge in [-0.05, 0) is 13.8 Å². The number of nitrogens with zero attached hydrogens (tertiary/aromatic N) is 1. The van der Waals surface area contributed by atoms with Crippen LogP contribution >= 0.6 is 23.1 Å². The van der Waals surface area contributed by atoms with Crippen LogP contribution in [0.25, 0.3) is 0 Å². The van der Waals surface area contributed by atoms with E-state index < -0.39 is 11.5 Å². The third-order valence-electron chi connectivity index (χ3n) is 1.45. The summed E-state index contributed by atoms with van der Waals surface area (Å²) in [6.45, 7) is 3.52. The van der Waals surface area contributed by atoms with Crippen LogP contribution in [0, 0.1) is 6.92 Å². The average Bonchev–Trinajstić information content (AvgIpc) is 2.45. The number of alkyl halides is 1. The second-order valence-corrected chi connectivity index (χ2v) is 4.96. The molecular weight excluding hydrogens is 239 g/mol. The number of anilines is 1. The number of rotatable bonds is 4. The minimum atomic E-state index is -1.72. The summed E-state index contributed by atoms with van der Waals surface area (Å²) in [5, 5.41) is 0.367. The third-order valence-corrected chi connectivity index (χ3v) is 3.68. The van der Waals surface area contributed by atoms with Crippen LogP contribution in [0.4, 0.5) is 9.52 Å². The maximum Gasteiger partial charge on any atom is 0.351 e. The fourth-order valence-corrected chi connectivity index (χ4v) is 2.70. The summed E-state index contributed by atoms with van der Waals surface area (Å²) in [6, 6.07) is 0. The second kappa shape index (κ2) is 5.32. The maximum atomic E-state index is 13.3. The minimum absolute atomic E-state index is 0.170. The fraction of sp³-hybridized carbons (Fsp3) is 0.500. The van der Waals surface area contributed by atoms with Crippen molar-refractivity contribution in [2.24, 2.45) is 0 Å². The lowest BCUT2D eigenvalue weighted by molar-refractivity contribution is -0.145. The Labute approximate surface area is 95.0 Å². The van der Waals surface area contributed by atoms with Gasteiger partial charge in [-0.25, -0.2) is 14.2 Å². The number of ether oxygens (including phenoxy) is 1. The Morgan fingerprint density at radius 2 is 2.47 bits per heavy atom. The zero-order valence-corrected chi connectivity index (χ0v) is 9.95. The molecule has 0 aromatic carbocycles. The molecule has 0 bridgehead atoms. The molecule has 1 atom stereocenters. The molecular formula is C8H11FN2O2S2. The topological polar surface area (TPSA) is 65.2 Å². The van der Waals surface area contributed by atoms with Crippen LogP contribution in [0.5, 0.6) is 0 Å². The highest BCUT2D eigenvalue weighted by Gasteiger charge is 2.22. The first-order chi connectivity index (χ1) is 7.04. The Morgan fingerprint density at radius 1 is 1.80 bits per heavy atom. The number of thioether (sulfide) groups is 1. The molecule has 0 aliphatic carbocycles. The van der Waals surface area contributed by atoms with E-state index in [-0.39, 0.29) is 6.61 Å². The summed E-state index contributed by atoms with van der Waals surface area (Å²) in [5.41, 5.74) is 4.36. The first-order valence-electron chi connectivity index (χ1n) is 4.24. The smallest absolute Gasteiger partial charge is 0.351 e. The molecule has 2 N–H and O–H groups in total. The van der Waals surface area contributed by atoms with E-state index in [0.717, 1.165) is 23.1 Å². The van der Waals surface area contributed by atoms with E-state index in [9.17, 15) is 9.18 Å². The van der Waals surface area contributed by atoms with Crippen molar-refractivity contribution in [1.29, 1.82) is 0 Å². The maximum absolute atomic E-state index is 13.3. The van der Waals surface area contributed by atoms with Gasteiger partial charge in [0.1, 0.15) is 0 Å². The predicted molar refractivity (Wildman–Crippen MR) is 58.6 cm³/mol. The summed E-state index contributed by atoms with van der Waals surface area (Å²) >= 11 is 1.93. The van der Waals surface area contributed by atoms with Gasteiger partial charge in [0, 0.05) is 0 Å². The first-order valence-corrected chi connectivity index (χ1v) is 5.94. The largest absolute Gasteiger partial charge is 0.463 e. The number of carbonyl (C=O) groups is 1. The van der Waals surface area contributed by atoms with Gasteiger partial charge in [0.05, 0.1) is 16.5 Å². The fourth-order valence-electron chi connectivity index (χ4n) is 0.862. The first kappa shape index (κ1) is 12.3. The molecule has 0 saturated heterocycles. The number of nitrogen functional groups attached to an aromatic ring is 1. The average molecular weight is 250 g/mol. The SMILES string of the molecule is CCOC(=O)C(F)Sc1sc(N)nc1C. The number of aromatic nitrogens is 1. The van der Waals surface area contributed by atoms with Crippen molar-refractivity contribution in [3.8, 4) is 0 Å². The van der Waals surface area contributed by atoms with E-state index in [0.29, 0.717) is 15.0 Å². The van der Waals surface area contributed by atoms with Crippen molar-refractivity contribution < 1.29 is 13.9 Å². The van der Waals surface area contributed by atoms with E-state index in [2.05, 4.69) is 9.72 Å². The van der Waals surface area contributed by atoms with Gasteiger partial charge in [0.25, 0.3) is 0 Å². The number of aryl methyl sites for hydroxylation is 1. The molecule has 84 valence electrons. The lowest BCUT2D eigenvalue weighted by Crippen LogP contribution is -2.15. The number of esters is 1. The van der Waals surface area contributed by atoms with Crippen LogP contribution in [0.15, 0.2) is 4.21 Å². The van der Waals surface area contributed by atoms with Gasteiger partial charge >= 0.3 is 5.97 Å². The summed E-state index contributed by atoms with van der Waals surface area (Å²) in [5.74, 6) is -0.867. The molecule has 0 amide bonds. The molecule has 1 aromatic rings. The number of hydrogen-bond donors (Lipinski definition) is 1. The highest BCUT2D eigenvalue weighted by Crippen LogP contribution is 2.34. The molecule has 15 heavy (non-hydrogen) atoms. The molecule has 7 heteroatoms. The minimum Gasteiger partial charge on any atom is -0.463 e. The van der Waals surface area contributed by atoms with Crippen molar-refractivity contribution in [1.82, 2.24) is 4.98 Å². The summed E-state index contributed by atoms with van der Waals surface area (Å²) in [4.78, 5) is 14.9. The number of thiazole rings is 1. The Kier molecular flexibility index (Phi) is 4.34. The molecule has 0 aliphatic heterocycles. The van der Waals surface area contributed by atoms with Gasteiger partial charge in [-0.2, -0.15) is 0 Å². The molecule has 1 heterocycles. The van der Waals surface area contributed by atoms with Crippen LogP contribution in [0.1, 0.15) is 12.6 Å². The predicted octanol–water partition coefficient (Wildman–Crippen LogP) is 1.98. The van der Waals surface area contributed by atoms with Crippen molar-refractivity contribution in [2.45, 2.75) is 23.6 Å². The molecule has 0 aliphatic rings. The van der Waals surface area contributed by atoms with Crippen LogP contribution < -0.4 is 5.73 Å². The summed E-state index contributed by atoms with van der Waals surface area (Å²) < 4.78 is 18.4. The monoisotopic (exact) mass is 250 g/mol. The number of halogens is 1. The van der Waals surface area contributed by atoms with Crippen molar-refractivity contribution >= 4 is 34.2 Å². The van der Waals surface area contributed by atoms with Crippen molar-refractivity contribution in [3.63, 3.8) is 0 Å². The highest BCUT2D eigenvalue weighted by molar-refractivity contribution is 8.02. The van der Waals surface area contributed by atoms with Gasteiger partial charge in [0.2, 0.25) is 5.50 Å². The van der Waals surface area contributed by atoms with Gasteiger partial charge < -0.3 is 10.5 Å². The number of carbonyl (C=O) groups excluding carboxylic acids is 1. The normalized spacial score (nSPS) is 12.5. The molecule has 0 spiro atoms. The Hall–Kier alpha value is -0.820. The van der Waals surface area contributed by atoms with Gasteiger partial charge in [-0.15, -0.1) is 0 Å². The van der Waals surface area contributed by atoms with E-state index in [1.807, 2.05) is 0 Å². The molecule has 1 rings (SSSR count). The molecule has 0 saturated carbocycles. The second-order valence-electron chi connectivity index (χ2n) is 2.61. The van der Waals surface area contributed by atoms with Crippen LogP contribution in [-0.4, -0.2) is 23.1 Å². The number of nitrogens with two attached hydrogens (primary N) is 1. The van der Waals surface area contributed by atoms with E-state index in [1.165, 1.54) is 0 Å². The van der Waals surface area contributed by atoms with Crippen molar-refractivity contribution in [2.75, 3.05) is 12.3 Å². The number of hydrogen-bond acceptors (Lipinski definition) is 6. The highest BCUT2D eigenvalue weighted by atomic mass is 32.2. The Morgan fingerprint density at radius 3 is 2.93 bits per heavy atom. The molecule has 0 radical (unpaired) electrons. The quantitative estimate of drug-likeness (QED) is 0.654. The summed E-state index contributed by atoms with van der Waals surface area (Å²) in [6.07, 6.45) is 0. The summed E-state index contributed by atoms with van der Waals surface area (Å²) in [7, 11) is 0. The zero-order valence-electron chi connectivity index (χ0n) is 8.32. The van der Waals surface area contributed by atoms with Crippen LogP contribution in [0.2, 0.25) is 0 Å². The van der Waals surface area contributed by atoms with E-state index >= 15 is 0 Å². The van der Waals surface area contributed by atoms with Gasteiger partial charge in [-0.1, -0.05) is 23.1 Å². The van der Waals surface area contributed by atoms with E-state index in [1.54, 1.807) is 13.8 Å². The molecule has 4 nitrogen and oxygen atoms in total. The van der Waals surface area contributed by atoms with Gasteiger partial charge in [0.15, 0.2) is 5.13 Å². The third kappa shape index (κ3) is 3.35.